The molecule has 9 nitrogen and oxygen atoms in total. The molecule has 1 aromatic heterocycles. The van der Waals surface area contributed by atoms with Crippen LogP contribution in [0.25, 0.3) is 0 Å². The highest BCUT2D eigenvalue weighted by molar-refractivity contribution is 6.04. The normalized spacial score (nSPS) is 15.7. The Balaban J connectivity index is 1.09. The number of carbonyl (C=O) groups excluding carboxylic acids is 2. The average molecular weight is 477 g/mol. The Morgan fingerprint density at radius 3 is 2.51 bits per heavy atom. The molecule has 5 rings (SSSR count). The van der Waals surface area contributed by atoms with Gasteiger partial charge in [0.15, 0.2) is 11.5 Å². The van der Waals surface area contributed by atoms with Gasteiger partial charge >= 0.3 is 0 Å². The van der Waals surface area contributed by atoms with Crippen LogP contribution in [0, 0.1) is 0 Å². The van der Waals surface area contributed by atoms with Gasteiger partial charge in [0.2, 0.25) is 12.7 Å². The zero-order valence-corrected chi connectivity index (χ0v) is 19.4. The largest absolute Gasteiger partial charge is 0.467 e. The van der Waals surface area contributed by atoms with Crippen molar-refractivity contribution in [3.8, 4) is 11.5 Å². The second kappa shape index (κ2) is 10.6. The first-order valence-electron chi connectivity index (χ1n) is 11.7. The predicted octanol–water partition coefficient (Wildman–Crippen LogP) is 2.69. The molecule has 0 saturated carbocycles. The number of ether oxygens (including phenoxy) is 2. The minimum Gasteiger partial charge on any atom is -0.467 e. The van der Waals surface area contributed by atoms with Gasteiger partial charge in [0, 0.05) is 32.7 Å². The Kier molecular flexibility index (Phi) is 6.97. The van der Waals surface area contributed by atoms with E-state index >= 15 is 0 Å². The van der Waals surface area contributed by atoms with Crippen LogP contribution < -0.4 is 20.1 Å². The molecule has 0 radical (unpaired) electrons. The van der Waals surface area contributed by atoms with E-state index in [0.717, 1.165) is 44.2 Å². The van der Waals surface area contributed by atoms with Crippen LogP contribution in [-0.4, -0.2) is 61.1 Å². The van der Waals surface area contributed by atoms with E-state index < -0.39 is 0 Å². The highest BCUT2D eigenvalue weighted by Crippen LogP contribution is 2.32. The summed E-state index contributed by atoms with van der Waals surface area (Å²) in [4.78, 5) is 29.9. The summed E-state index contributed by atoms with van der Waals surface area (Å²) in [5.41, 5.74) is 2.10. The van der Waals surface area contributed by atoms with Gasteiger partial charge in [-0.05, 0) is 42.0 Å². The highest BCUT2D eigenvalue weighted by atomic mass is 16.7. The monoisotopic (exact) mass is 476 g/mol. The fourth-order valence-electron chi connectivity index (χ4n) is 4.26. The van der Waals surface area contributed by atoms with Crippen molar-refractivity contribution < 1.29 is 23.5 Å². The summed E-state index contributed by atoms with van der Waals surface area (Å²) in [6.45, 7) is 5.00. The topological polar surface area (TPSA) is 96.3 Å². The Bertz CT molecular complexity index is 1170. The van der Waals surface area contributed by atoms with Gasteiger partial charge in [-0.25, -0.2) is 0 Å². The van der Waals surface area contributed by atoms with Gasteiger partial charge in [-0.15, -0.1) is 0 Å². The molecule has 3 heterocycles. The maximum Gasteiger partial charge on any atom is 0.253 e. The predicted molar refractivity (Wildman–Crippen MR) is 129 cm³/mol. The Morgan fingerprint density at radius 2 is 1.69 bits per heavy atom. The summed E-state index contributed by atoms with van der Waals surface area (Å²) in [6, 6.07) is 16.6. The minimum atomic E-state index is -0.269. The highest BCUT2D eigenvalue weighted by Gasteiger charge is 2.21. The number of nitrogens with zero attached hydrogens (tertiary/aromatic N) is 2. The van der Waals surface area contributed by atoms with Gasteiger partial charge in [0.05, 0.1) is 30.6 Å². The van der Waals surface area contributed by atoms with Crippen LogP contribution in [0.15, 0.2) is 65.3 Å². The van der Waals surface area contributed by atoms with E-state index in [4.69, 9.17) is 13.9 Å². The third kappa shape index (κ3) is 5.82. The van der Waals surface area contributed by atoms with Crippen LogP contribution in [0.4, 0.5) is 5.69 Å². The first-order valence-corrected chi connectivity index (χ1v) is 11.7. The fourth-order valence-corrected chi connectivity index (χ4v) is 4.26. The van der Waals surface area contributed by atoms with Crippen molar-refractivity contribution in [2.75, 3.05) is 44.8 Å². The average Bonchev–Trinajstić information content (AvgIpc) is 3.56. The lowest BCUT2D eigenvalue weighted by Crippen LogP contribution is -2.48. The van der Waals surface area contributed by atoms with E-state index in [1.165, 1.54) is 5.56 Å². The zero-order valence-electron chi connectivity index (χ0n) is 19.4. The molecule has 1 fully saturated rings. The van der Waals surface area contributed by atoms with Gasteiger partial charge in [-0.1, -0.05) is 18.2 Å². The van der Waals surface area contributed by atoms with Gasteiger partial charge in [0.1, 0.15) is 5.76 Å². The molecule has 2 aromatic carbocycles. The molecule has 0 bridgehead atoms. The number of rotatable bonds is 8. The first-order chi connectivity index (χ1) is 17.1. The third-order valence-corrected chi connectivity index (χ3v) is 6.12. The summed E-state index contributed by atoms with van der Waals surface area (Å²) >= 11 is 0. The lowest BCUT2D eigenvalue weighted by Gasteiger charge is -2.34. The van der Waals surface area contributed by atoms with E-state index in [9.17, 15) is 9.59 Å². The summed E-state index contributed by atoms with van der Waals surface area (Å²) in [7, 11) is 0. The summed E-state index contributed by atoms with van der Waals surface area (Å²) in [5.74, 6) is 1.85. The molecule has 3 aromatic rings. The van der Waals surface area contributed by atoms with Gasteiger partial charge in [-0.2, -0.15) is 0 Å². The molecule has 2 aliphatic rings. The molecule has 2 aliphatic heterocycles. The van der Waals surface area contributed by atoms with Crippen LogP contribution in [-0.2, 0) is 17.9 Å². The molecule has 0 unspecified atom stereocenters. The van der Waals surface area contributed by atoms with Crippen molar-refractivity contribution in [3.63, 3.8) is 0 Å². The minimum absolute atomic E-state index is 0.138. The molecule has 0 spiro atoms. The second-order valence-corrected chi connectivity index (χ2v) is 8.60. The van der Waals surface area contributed by atoms with E-state index in [1.54, 1.807) is 42.7 Å². The fraction of sp³-hybridized carbons (Fsp3) is 0.308. The number of furan rings is 1. The van der Waals surface area contributed by atoms with Crippen LogP contribution in [0.1, 0.15) is 21.7 Å². The van der Waals surface area contributed by atoms with E-state index in [2.05, 4.69) is 26.5 Å². The molecule has 182 valence electrons. The Morgan fingerprint density at radius 1 is 0.886 bits per heavy atom. The summed E-state index contributed by atoms with van der Waals surface area (Å²) in [5, 5.41) is 5.72. The standard InChI is InChI=1S/C26H28N4O5/c31-25(28-22-6-2-1-5-21(22)26(32)27-15-20-4-3-13-33-20)17-30-11-9-29(10-12-30)16-19-7-8-23-24(14-19)35-18-34-23/h1-8,13-14H,9-12,15-18H2,(H,27,32)(H,28,31). The number of amides is 2. The molecule has 35 heavy (non-hydrogen) atoms. The molecule has 2 amide bonds. The van der Waals surface area contributed by atoms with Crippen LogP contribution in [0.2, 0.25) is 0 Å². The third-order valence-electron chi connectivity index (χ3n) is 6.12. The van der Waals surface area contributed by atoms with Crippen molar-refractivity contribution >= 4 is 17.5 Å². The van der Waals surface area contributed by atoms with Crippen molar-refractivity contribution in [2.45, 2.75) is 13.1 Å². The van der Waals surface area contributed by atoms with E-state index in [1.807, 2.05) is 12.1 Å². The molecular formula is C26H28N4O5. The SMILES string of the molecule is O=C(CN1CCN(Cc2ccc3c(c2)OCO3)CC1)Nc1ccccc1C(=O)NCc1ccco1. The zero-order chi connectivity index (χ0) is 24.0. The van der Waals surface area contributed by atoms with Crippen molar-refractivity contribution in [1.82, 2.24) is 15.1 Å². The smallest absolute Gasteiger partial charge is 0.253 e. The van der Waals surface area contributed by atoms with Crippen molar-refractivity contribution in [2.24, 2.45) is 0 Å². The molecular weight excluding hydrogens is 448 g/mol. The Hall–Kier alpha value is -3.82. The number of carbonyl (C=O) groups is 2. The lowest BCUT2D eigenvalue weighted by molar-refractivity contribution is -0.117. The lowest BCUT2D eigenvalue weighted by atomic mass is 10.1. The maximum absolute atomic E-state index is 12.7. The molecule has 0 atom stereocenters. The number of para-hydroxylation sites is 1. The van der Waals surface area contributed by atoms with Crippen molar-refractivity contribution in [1.29, 1.82) is 0 Å². The van der Waals surface area contributed by atoms with Gasteiger partial charge < -0.3 is 24.5 Å². The molecule has 9 heteroatoms. The number of piperazine rings is 1. The van der Waals surface area contributed by atoms with Crippen LogP contribution in [0.5, 0.6) is 11.5 Å². The number of nitrogens with one attached hydrogen (secondary N) is 2. The van der Waals surface area contributed by atoms with Crippen LogP contribution in [0.3, 0.4) is 0 Å². The van der Waals surface area contributed by atoms with Crippen LogP contribution >= 0.6 is 0 Å². The number of fused-ring (bicyclic) bond motifs is 1. The van der Waals surface area contributed by atoms with Gasteiger partial charge in [-0.3, -0.25) is 19.4 Å². The van der Waals surface area contributed by atoms with Gasteiger partial charge in [0.25, 0.3) is 5.91 Å². The molecule has 1 saturated heterocycles. The van der Waals surface area contributed by atoms with E-state index in [-0.39, 0.29) is 31.7 Å². The second-order valence-electron chi connectivity index (χ2n) is 8.60. The first kappa shape index (κ1) is 22.9. The quantitative estimate of drug-likeness (QED) is 0.516. The van der Waals surface area contributed by atoms with Crippen molar-refractivity contribution in [3.05, 3.63) is 77.7 Å². The Labute approximate surface area is 203 Å². The number of hydrogen-bond acceptors (Lipinski definition) is 7. The summed E-state index contributed by atoms with van der Waals surface area (Å²) < 4.78 is 16.1. The number of anilines is 1. The number of hydrogen-bond donors (Lipinski definition) is 2. The van der Waals surface area contributed by atoms with E-state index in [0.29, 0.717) is 17.0 Å². The summed E-state index contributed by atoms with van der Waals surface area (Å²) in [6.07, 6.45) is 1.56. The molecule has 0 aliphatic carbocycles. The maximum atomic E-state index is 12.7. The number of benzene rings is 2. The molecule has 2 N–H and O–H groups in total.